The largest absolute Gasteiger partial charge is 0.480 e. The zero-order valence-electron chi connectivity index (χ0n) is 12.3. The summed E-state index contributed by atoms with van der Waals surface area (Å²) in [6.45, 7) is 4.58. The predicted octanol–water partition coefficient (Wildman–Crippen LogP) is 2.07. The first-order valence-electron chi connectivity index (χ1n) is 7.23. The molecule has 0 bridgehead atoms. The molecule has 2 amide bonds. The number of rotatable bonds is 5. The Bertz CT molecular complexity index is 392. The van der Waals surface area contributed by atoms with Gasteiger partial charge in [0.15, 0.2) is 0 Å². The van der Waals surface area contributed by atoms with Gasteiger partial charge in [0.1, 0.15) is 5.54 Å². The number of terminal acetylenes is 1. The Balaban J connectivity index is 2.76. The molecule has 0 spiro atoms. The average Bonchev–Trinajstić information content (AvgIpc) is 2.45. The summed E-state index contributed by atoms with van der Waals surface area (Å²) >= 11 is 0. The van der Waals surface area contributed by atoms with Crippen molar-refractivity contribution in [3.05, 3.63) is 0 Å². The monoisotopic (exact) mass is 280 g/mol. The molecular weight excluding hydrogens is 256 g/mol. The van der Waals surface area contributed by atoms with Gasteiger partial charge >= 0.3 is 12.0 Å². The second kappa shape index (κ2) is 7.18. The van der Waals surface area contributed by atoms with Gasteiger partial charge in [-0.3, -0.25) is 0 Å². The lowest BCUT2D eigenvalue weighted by molar-refractivity contribution is -0.146. The van der Waals surface area contributed by atoms with Crippen LogP contribution in [0.4, 0.5) is 4.79 Å². The summed E-state index contributed by atoms with van der Waals surface area (Å²) in [7, 11) is 0. The molecule has 0 aromatic heterocycles. The molecule has 1 aliphatic rings. The number of carboxylic acid groups (broad SMARTS) is 1. The minimum Gasteiger partial charge on any atom is -0.480 e. The van der Waals surface area contributed by atoms with Gasteiger partial charge in [0.25, 0.3) is 0 Å². The maximum absolute atomic E-state index is 12.1. The van der Waals surface area contributed by atoms with Crippen molar-refractivity contribution >= 4 is 12.0 Å². The quantitative estimate of drug-likeness (QED) is 0.757. The molecular formula is C15H24N2O3. The van der Waals surface area contributed by atoms with E-state index in [1.165, 1.54) is 4.90 Å². The van der Waals surface area contributed by atoms with Gasteiger partial charge in [-0.25, -0.2) is 9.59 Å². The maximum atomic E-state index is 12.1. The molecule has 5 heteroatoms. The Kier molecular flexibility index (Phi) is 5.87. The molecule has 5 nitrogen and oxygen atoms in total. The van der Waals surface area contributed by atoms with E-state index in [-0.39, 0.29) is 12.6 Å². The van der Waals surface area contributed by atoms with Gasteiger partial charge in [-0.2, -0.15) is 0 Å². The molecule has 0 aromatic carbocycles. The van der Waals surface area contributed by atoms with E-state index in [1.807, 2.05) is 6.92 Å². The van der Waals surface area contributed by atoms with Crippen LogP contribution in [0, 0.1) is 18.3 Å². The summed E-state index contributed by atoms with van der Waals surface area (Å²) in [6.07, 6.45) is 8.92. The molecule has 0 unspecified atom stereocenters. The third-order valence-corrected chi connectivity index (χ3v) is 4.24. The summed E-state index contributed by atoms with van der Waals surface area (Å²) in [6, 6.07) is -0.386. The highest BCUT2D eigenvalue weighted by Crippen LogP contribution is 2.34. The number of hydrogen-bond acceptors (Lipinski definition) is 2. The van der Waals surface area contributed by atoms with Crippen LogP contribution >= 0.6 is 0 Å². The molecule has 0 radical (unpaired) electrons. The highest BCUT2D eigenvalue weighted by molar-refractivity contribution is 5.86. The lowest BCUT2D eigenvalue weighted by atomic mass is 9.75. The first kappa shape index (κ1) is 16.4. The van der Waals surface area contributed by atoms with E-state index in [1.54, 1.807) is 0 Å². The van der Waals surface area contributed by atoms with E-state index in [2.05, 4.69) is 18.2 Å². The number of carboxylic acids is 1. The number of nitrogens with zero attached hydrogens (tertiary/aromatic N) is 1. The van der Waals surface area contributed by atoms with Crippen molar-refractivity contribution in [2.45, 2.75) is 51.5 Å². The lowest BCUT2D eigenvalue weighted by Gasteiger charge is -2.38. The van der Waals surface area contributed by atoms with Crippen molar-refractivity contribution < 1.29 is 14.7 Å². The van der Waals surface area contributed by atoms with Gasteiger partial charge in [0.05, 0.1) is 6.54 Å². The normalized spacial score (nSPS) is 25.6. The smallest absolute Gasteiger partial charge is 0.329 e. The van der Waals surface area contributed by atoms with E-state index in [0.29, 0.717) is 25.3 Å². The van der Waals surface area contributed by atoms with E-state index in [0.717, 1.165) is 19.3 Å². The summed E-state index contributed by atoms with van der Waals surface area (Å²) in [4.78, 5) is 25.2. The molecule has 0 heterocycles. The number of amides is 2. The number of hydrogen-bond donors (Lipinski definition) is 2. The van der Waals surface area contributed by atoms with Crippen molar-refractivity contribution in [1.82, 2.24) is 10.2 Å². The van der Waals surface area contributed by atoms with E-state index < -0.39 is 11.5 Å². The fourth-order valence-corrected chi connectivity index (χ4v) is 2.69. The van der Waals surface area contributed by atoms with Crippen LogP contribution in [-0.4, -0.2) is 40.6 Å². The highest BCUT2D eigenvalue weighted by atomic mass is 16.4. The zero-order chi connectivity index (χ0) is 15.2. The average molecular weight is 280 g/mol. The van der Waals surface area contributed by atoms with Crippen molar-refractivity contribution in [2.24, 2.45) is 5.92 Å². The van der Waals surface area contributed by atoms with Crippen LogP contribution in [0.1, 0.15) is 46.0 Å². The Morgan fingerprint density at radius 2 is 2.00 bits per heavy atom. The number of nitrogens with one attached hydrogen (secondary N) is 1. The van der Waals surface area contributed by atoms with Gasteiger partial charge < -0.3 is 15.3 Å². The Morgan fingerprint density at radius 1 is 1.40 bits per heavy atom. The summed E-state index contributed by atoms with van der Waals surface area (Å²) in [5, 5.41) is 12.2. The van der Waals surface area contributed by atoms with Crippen LogP contribution < -0.4 is 5.32 Å². The van der Waals surface area contributed by atoms with Crippen molar-refractivity contribution in [2.75, 3.05) is 13.1 Å². The fourth-order valence-electron chi connectivity index (χ4n) is 2.69. The zero-order valence-corrected chi connectivity index (χ0v) is 12.3. The number of aliphatic carboxylic acids is 1. The van der Waals surface area contributed by atoms with Crippen LogP contribution in [0.3, 0.4) is 0 Å². The molecule has 0 saturated heterocycles. The van der Waals surface area contributed by atoms with Crippen molar-refractivity contribution in [3.63, 3.8) is 0 Å². The fraction of sp³-hybridized carbons (Fsp3) is 0.733. The predicted molar refractivity (Wildman–Crippen MR) is 77.2 cm³/mol. The first-order chi connectivity index (χ1) is 9.49. The van der Waals surface area contributed by atoms with Crippen LogP contribution in [0.5, 0.6) is 0 Å². The van der Waals surface area contributed by atoms with Gasteiger partial charge in [0, 0.05) is 6.54 Å². The molecule has 1 rings (SSSR count). The lowest BCUT2D eigenvalue weighted by Crippen LogP contribution is -2.59. The molecule has 112 valence electrons. The number of urea groups is 1. The van der Waals surface area contributed by atoms with Crippen LogP contribution in [0.15, 0.2) is 0 Å². The van der Waals surface area contributed by atoms with E-state index >= 15 is 0 Å². The first-order valence-corrected chi connectivity index (χ1v) is 7.23. The van der Waals surface area contributed by atoms with E-state index in [9.17, 15) is 14.7 Å². The topological polar surface area (TPSA) is 69.6 Å². The highest BCUT2D eigenvalue weighted by Gasteiger charge is 2.43. The van der Waals surface area contributed by atoms with E-state index in [4.69, 9.17) is 6.42 Å². The Hall–Kier alpha value is -1.70. The summed E-state index contributed by atoms with van der Waals surface area (Å²) < 4.78 is 0. The summed E-state index contributed by atoms with van der Waals surface area (Å²) in [5.41, 5.74) is -1.13. The van der Waals surface area contributed by atoms with Gasteiger partial charge in [-0.15, -0.1) is 6.42 Å². The molecule has 20 heavy (non-hydrogen) atoms. The third-order valence-electron chi connectivity index (χ3n) is 4.24. The SMILES string of the molecule is C#CCN(CC)C(=O)NC1(C(=O)O)CCC(CC)CC1. The molecule has 0 aromatic rings. The molecule has 0 aliphatic heterocycles. The molecule has 0 atom stereocenters. The third kappa shape index (κ3) is 3.66. The molecule has 2 N–H and O–H groups in total. The van der Waals surface area contributed by atoms with Crippen molar-refractivity contribution in [1.29, 1.82) is 0 Å². The van der Waals surface area contributed by atoms with Crippen molar-refractivity contribution in [3.8, 4) is 12.3 Å². The second-order valence-electron chi connectivity index (χ2n) is 5.39. The Morgan fingerprint density at radius 3 is 2.40 bits per heavy atom. The maximum Gasteiger partial charge on any atom is 0.329 e. The van der Waals surface area contributed by atoms with Crippen LogP contribution in [-0.2, 0) is 4.79 Å². The van der Waals surface area contributed by atoms with Crippen LogP contribution in [0.25, 0.3) is 0 Å². The van der Waals surface area contributed by atoms with Gasteiger partial charge in [-0.05, 0) is 38.5 Å². The van der Waals surface area contributed by atoms with Gasteiger partial charge in [0.2, 0.25) is 0 Å². The summed E-state index contributed by atoms with van der Waals surface area (Å²) in [5.74, 6) is 2.03. The minimum atomic E-state index is -1.13. The molecule has 1 fully saturated rings. The second-order valence-corrected chi connectivity index (χ2v) is 5.39. The minimum absolute atomic E-state index is 0.190. The molecule has 1 saturated carbocycles. The van der Waals surface area contributed by atoms with Crippen LogP contribution in [0.2, 0.25) is 0 Å². The molecule has 1 aliphatic carbocycles. The number of carbonyl (C=O) groups excluding carboxylic acids is 1. The Labute approximate surface area is 120 Å². The number of carbonyl (C=O) groups is 2. The van der Waals surface area contributed by atoms with Gasteiger partial charge in [-0.1, -0.05) is 19.3 Å². The standard InChI is InChI=1S/C15H24N2O3/c1-4-11-17(6-3)14(20)16-15(13(18)19)9-7-12(5-2)8-10-15/h1,12H,5-11H2,2-3H3,(H,16,20)(H,18,19).